The number of hydrogen-bond donors (Lipinski definition) is 2. The Labute approximate surface area is 275 Å². The second-order valence-corrected chi connectivity index (χ2v) is 11.8. The van der Waals surface area contributed by atoms with Crippen LogP contribution in [0.5, 0.6) is 0 Å². The summed E-state index contributed by atoms with van der Waals surface area (Å²) < 4.78 is 11.5. The number of anilines is 1. The molecule has 9 nitrogen and oxygen atoms in total. The predicted octanol–water partition coefficient (Wildman–Crippen LogP) is 6.41. The summed E-state index contributed by atoms with van der Waals surface area (Å²) in [5.41, 5.74) is 4.05. The number of nitrogens with zero attached hydrogens (tertiary/aromatic N) is 2. The third kappa shape index (κ3) is 8.39. The minimum absolute atomic E-state index is 0.0568. The molecular weight excluding hydrogens is 648 g/mol. The average Bonchev–Trinajstić information content (AvgIpc) is 3.07. The Morgan fingerprint density at radius 3 is 2.20 bits per heavy atom. The molecule has 0 aliphatic heterocycles. The molecule has 236 valence electrons. The van der Waals surface area contributed by atoms with Crippen molar-refractivity contribution in [3.05, 3.63) is 140 Å². The number of fused-ring (bicyclic) bond motifs is 1. The van der Waals surface area contributed by atoms with Gasteiger partial charge in [0, 0.05) is 31.0 Å². The highest BCUT2D eigenvalue weighted by atomic mass is 79.9. The van der Waals surface area contributed by atoms with Crippen LogP contribution in [0.1, 0.15) is 27.8 Å². The number of amides is 2. The minimum atomic E-state index is -0.735. The molecule has 0 aliphatic carbocycles. The van der Waals surface area contributed by atoms with E-state index >= 15 is 0 Å². The molecular formula is C36H35BrN4O5. The number of rotatable bonds is 12. The lowest BCUT2D eigenvalue weighted by molar-refractivity contribution is -0.130. The summed E-state index contributed by atoms with van der Waals surface area (Å²) in [4.78, 5) is 45.7. The highest BCUT2D eigenvalue weighted by Gasteiger charge is 2.25. The number of alkyl carbamates (subject to hydrolysis) is 1. The van der Waals surface area contributed by atoms with Crippen molar-refractivity contribution >= 4 is 44.8 Å². The first-order valence-corrected chi connectivity index (χ1v) is 15.7. The third-order valence-electron chi connectivity index (χ3n) is 7.70. The van der Waals surface area contributed by atoms with Crippen molar-refractivity contribution < 1.29 is 18.7 Å². The van der Waals surface area contributed by atoms with Gasteiger partial charge in [-0.3, -0.25) is 4.79 Å². The first kappa shape index (κ1) is 32.4. The molecule has 0 fully saturated rings. The fourth-order valence-electron chi connectivity index (χ4n) is 5.11. The fraction of sp³-hybridized carbons (Fsp3) is 0.222. The molecule has 1 heterocycles. The molecule has 0 spiro atoms. The molecule has 5 rings (SSSR count). The number of ether oxygens (including phenoxy) is 1. The van der Waals surface area contributed by atoms with Crippen LogP contribution in [0.2, 0.25) is 0 Å². The molecule has 1 atom stereocenters. The van der Waals surface area contributed by atoms with Crippen LogP contribution < -0.4 is 16.3 Å². The van der Waals surface area contributed by atoms with Crippen LogP contribution in [0.4, 0.5) is 10.8 Å². The Hall–Kier alpha value is -4.96. The maximum absolute atomic E-state index is 13.7. The molecule has 46 heavy (non-hydrogen) atoms. The summed E-state index contributed by atoms with van der Waals surface area (Å²) in [6, 6.07) is 30.0. The summed E-state index contributed by atoms with van der Waals surface area (Å²) in [6.07, 6.45) is 0.495. The van der Waals surface area contributed by atoms with Crippen LogP contribution >= 0.6 is 15.9 Å². The van der Waals surface area contributed by atoms with E-state index in [0.717, 1.165) is 16.7 Å². The van der Waals surface area contributed by atoms with Gasteiger partial charge in [0.15, 0.2) is 0 Å². The van der Waals surface area contributed by atoms with Gasteiger partial charge in [0.25, 0.3) is 6.01 Å². The third-order valence-corrected chi connectivity index (χ3v) is 8.30. The monoisotopic (exact) mass is 682 g/mol. The number of likely N-dealkylation sites (N-methyl/N-ethyl adjacent to an activating group) is 1. The van der Waals surface area contributed by atoms with E-state index in [1.807, 2.05) is 91.0 Å². The van der Waals surface area contributed by atoms with Crippen molar-refractivity contribution in [2.24, 2.45) is 0 Å². The van der Waals surface area contributed by atoms with Gasteiger partial charge in [-0.2, -0.15) is 4.98 Å². The number of aryl methyl sites for hydroxylation is 1. The molecule has 0 bridgehead atoms. The van der Waals surface area contributed by atoms with E-state index in [9.17, 15) is 14.4 Å². The summed E-state index contributed by atoms with van der Waals surface area (Å²) in [6.45, 7) is 2.58. The lowest BCUT2D eigenvalue weighted by atomic mass is 10.0. The first-order chi connectivity index (χ1) is 22.3. The van der Waals surface area contributed by atoms with Gasteiger partial charge in [0.2, 0.25) is 5.91 Å². The van der Waals surface area contributed by atoms with E-state index in [2.05, 4.69) is 31.5 Å². The predicted molar refractivity (Wildman–Crippen MR) is 182 cm³/mol. The molecule has 10 heteroatoms. The Balaban J connectivity index is 1.33. The maximum Gasteiger partial charge on any atom is 0.407 e. The molecule has 0 radical (unpaired) electrons. The van der Waals surface area contributed by atoms with Crippen LogP contribution in [0.25, 0.3) is 10.9 Å². The largest absolute Gasteiger partial charge is 0.445 e. The second-order valence-electron chi connectivity index (χ2n) is 11.0. The molecule has 2 N–H and O–H groups in total. The van der Waals surface area contributed by atoms with E-state index < -0.39 is 17.8 Å². The van der Waals surface area contributed by atoms with E-state index in [4.69, 9.17) is 9.15 Å². The van der Waals surface area contributed by atoms with Crippen LogP contribution in [-0.2, 0) is 35.5 Å². The topological polar surface area (TPSA) is 114 Å². The number of hydrogen-bond acceptors (Lipinski definition) is 7. The Morgan fingerprint density at radius 1 is 0.935 bits per heavy atom. The Bertz CT molecular complexity index is 1850. The highest BCUT2D eigenvalue weighted by molar-refractivity contribution is 9.10. The van der Waals surface area contributed by atoms with E-state index in [0.29, 0.717) is 40.5 Å². The molecule has 5 aromatic rings. The number of aromatic nitrogens is 1. The van der Waals surface area contributed by atoms with Crippen molar-refractivity contribution in [3.63, 3.8) is 0 Å². The Morgan fingerprint density at radius 2 is 1.54 bits per heavy atom. The van der Waals surface area contributed by atoms with Crippen LogP contribution in [0, 0.1) is 6.92 Å². The molecule has 0 saturated heterocycles. The van der Waals surface area contributed by atoms with Crippen LogP contribution in [0.3, 0.4) is 0 Å². The van der Waals surface area contributed by atoms with Gasteiger partial charge in [-0.25, -0.2) is 9.59 Å². The van der Waals surface area contributed by atoms with Gasteiger partial charge in [-0.05, 0) is 63.2 Å². The van der Waals surface area contributed by atoms with Crippen LogP contribution in [-0.4, -0.2) is 41.5 Å². The summed E-state index contributed by atoms with van der Waals surface area (Å²) in [7, 11) is 1.77. The van der Waals surface area contributed by atoms with Gasteiger partial charge in [-0.1, -0.05) is 91.0 Å². The standard InChI is InChI=1S/C36H35BrN4O5/c1-24-28(22-38-36(44)45-23-27-16-10-5-11-17-27)21-29(37)32-31(24)34(43)46-35(40-32)39-30(20-26-14-8-4-9-15-26)33(42)41(2)19-18-25-12-6-3-7-13-25/h3-17,21,30H,18-20,22-23H2,1-2H3,(H,38,44)(H,39,40). The van der Waals surface area contributed by atoms with Crippen molar-refractivity contribution in [1.29, 1.82) is 0 Å². The second kappa shape index (κ2) is 15.4. The zero-order valence-electron chi connectivity index (χ0n) is 25.7. The van der Waals surface area contributed by atoms with Gasteiger partial charge in [0.05, 0.1) is 10.9 Å². The number of nitrogens with one attached hydrogen (secondary N) is 2. The fourth-order valence-corrected chi connectivity index (χ4v) is 5.68. The number of carbonyl (C=O) groups is 2. The van der Waals surface area contributed by atoms with Gasteiger partial charge in [0.1, 0.15) is 12.6 Å². The Kier molecular flexibility index (Phi) is 10.8. The molecule has 1 aromatic heterocycles. The van der Waals surface area contributed by atoms with E-state index in [-0.39, 0.29) is 30.5 Å². The highest BCUT2D eigenvalue weighted by Crippen LogP contribution is 2.28. The molecule has 1 unspecified atom stereocenters. The van der Waals surface area contributed by atoms with Gasteiger partial charge in [-0.15, -0.1) is 0 Å². The normalized spacial score (nSPS) is 11.5. The van der Waals surface area contributed by atoms with E-state index in [1.165, 1.54) is 0 Å². The quantitative estimate of drug-likeness (QED) is 0.156. The summed E-state index contributed by atoms with van der Waals surface area (Å²) >= 11 is 3.54. The number of halogens is 1. The van der Waals surface area contributed by atoms with Crippen molar-refractivity contribution in [3.8, 4) is 0 Å². The minimum Gasteiger partial charge on any atom is -0.445 e. The van der Waals surface area contributed by atoms with Crippen molar-refractivity contribution in [1.82, 2.24) is 15.2 Å². The SMILES string of the molecule is Cc1c(CNC(=O)OCc2ccccc2)cc(Br)c2nc(NC(Cc3ccccc3)C(=O)N(C)CCc3ccccc3)oc(=O)c12. The maximum atomic E-state index is 13.7. The van der Waals surface area contributed by atoms with Crippen molar-refractivity contribution in [2.45, 2.75) is 39.0 Å². The molecule has 2 amide bonds. The summed E-state index contributed by atoms with van der Waals surface area (Å²) in [5.74, 6) is -0.153. The lowest BCUT2D eigenvalue weighted by Crippen LogP contribution is -2.43. The van der Waals surface area contributed by atoms with Gasteiger partial charge < -0.3 is 24.7 Å². The van der Waals surface area contributed by atoms with Crippen molar-refractivity contribution in [2.75, 3.05) is 18.9 Å². The molecule has 0 saturated carbocycles. The van der Waals surface area contributed by atoms with Crippen LogP contribution in [0.15, 0.2) is 111 Å². The van der Waals surface area contributed by atoms with Gasteiger partial charge >= 0.3 is 11.7 Å². The number of carbonyl (C=O) groups excluding carboxylic acids is 2. The molecule has 4 aromatic carbocycles. The first-order valence-electron chi connectivity index (χ1n) is 14.9. The lowest BCUT2D eigenvalue weighted by Gasteiger charge is -2.25. The molecule has 0 aliphatic rings. The van der Waals surface area contributed by atoms with E-state index in [1.54, 1.807) is 24.9 Å². The zero-order chi connectivity index (χ0) is 32.5. The summed E-state index contributed by atoms with van der Waals surface area (Å²) in [5, 5.41) is 6.12. The average molecular weight is 684 g/mol. The smallest absolute Gasteiger partial charge is 0.407 e. The number of benzene rings is 4. The zero-order valence-corrected chi connectivity index (χ0v) is 27.3.